The number of hydrogen-bond donors (Lipinski definition) is 3. The molecular formula is C23H23N7O. The summed E-state index contributed by atoms with van der Waals surface area (Å²) in [5, 5.41) is 18.5. The highest BCUT2D eigenvalue weighted by Crippen LogP contribution is 2.28. The van der Waals surface area contributed by atoms with Gasteiger partial charge in [-0.1, -0.05) is 6.07 Å². The number of aliphatic hydroxyl groups excluding tert-OH is 1. The van der Waals surface area contributed by atoms with Crippen LogP contribution in [0.15, 0.2) is 54.9 Å². The minimum atomic E-state index is -0.337. The van der Waals surface area contributed by atoms with E-state index in [1.54, 1.807) is 23.8 Å². The number of hydrogen-bond acceptors (Lipinski definition) is 6. The summed E-state index contributed by atoms with van der Waals surface area (Å²) in [4.78, 5) is 17.1. The number of pyridine rings is 2. The quantitative estimate of drug-likeness (QED) is 0.388. The Labute approximate surface area is 179 Å². The number of nitrogens with zero attached hydrogens (tertiary/aromatic N) is 5. The molecule has 5 aromatic heterocycles. The number of anilines is 2. The summed E-state index contributed by atoms with van der Waals surface area (Å²) in [6, 6.07) is 13.7. The molecule has 0 aliphatic carbocycles. The highest BCUT2D eigenvalue weighted by molar-refractivity contribution is 5.92. The summed E-state index contributed by atoms with van der Waals surface area (Å²) in [7, 11) is 0. The van der Waals surface area contributed by atoms with Crippen molar-refractivity contribution < 1.29 is 5.11 Å². The minimum Gasteiger partial charge on any atom is -0.393 e. The van der Waals surface area contributed by atoms with Crippen LogP contribution >= 0.6 is 0 Å². The molecule has 0 radical (unpaired) electrons. The van der Waals surface area contributed by atoms with Crippen molar-refractivity contribution in [2.24, 2.45) is 0 Å². The summed E-state index contributed by atoms with van der Waals surface area (Å²) in [5.74, 6) is 0.785. The largest absolute Gasteiger partial charge is 0.393 e. The van der Waals surface area contributed by atoms with Gasteiger partial charge in [-0.05, 0) is 51.0 Å². The van der Waals surface area contributed by atoms with E-state index in [1.165, 1.54) is 0 Å². The number of rotatable bonds is 6. The zero-order valence-corrected chi connectivity index (χ0v) is 17.4. The molecule has 3 N–H and O–H groups in total. The summed E-state index contributed by atoms with van der Waals surface area (Å²) in [5.41, 5.74) is 6.02. The van der Waals surface area contributed by atoms with Crippen LogP contribution in [0, 0.1) is 6.92 Å². The van der Waals surface area contributed by atoms with Crippen molar-refractivity contribution in [2.75, 3.05) is 5.32 Å². The van der Waals surface area contributed by atoms with Crippen molar-refractivity contribution in [1.29, 1.82) is 0 Å². The first-order valence-corrected chi connectivity index (χ1v) is 10.3. The zero-order valence-electron chi connectivity index (χ0n) is 17.4. The van der Waals surface area contributed by atoms with Crippen LogP contribution in [0.1, 0.15) is 24.7 Å². The normalized spacial score (nSPS) is 12.5. The second kappa shape index (κ2) is 7.81. The van der Waals surface area contributed by atoms with Crippen LogP contribution in [0.2, 0.25) is 0 Å². The molecule has 0 aliphatic heterocycles. The number of aryl methyl sites for hydroxylation is 2. The topological polar surface area (TPSA) is 104 Å². The molecule has 156 valence electrons. The van der Waals surface area contributed by atoms with Crippen LogP contribution in [0.4, 0.5) is 11.5 Å². The first-order chi connectivity index (χ1) is 15.1. The van der Waals surface area contributed by atoms with Gasteiger partial charge in [0, 0.05) is 35.1 Å². The Balaban J connectivity index is 1.56. The van der Waals surface area contributed by atoms with Gasteiger partial charge in [-0.3, -0.25) is 4.98 Å². The lowest BCUT2D eigenvalue weighted by atomic mass is 10.1. The summed E-state index contributed by atoms with van der Waals surface area (Å²) in [6.07, 6.45) is 4.61. The van der Waals surface area contributed by atoms with Crippen LogP contribution < -0.4 is 5.32 Å². The van der Waals surface area contributed by atoms with Gasteiger partial charge in [0.1, 0.15) is 11.5 Å². The SMILES string of the molecule is Cc1cccc(-c2cc(Nc3ccnc4[nH]c(CC[C@@H](C)O)cc34)n3nccc3n2)n1. The first-order valence-electron chi connectivity index (χ1n) is 10.3. The Morgan fingerprint density at radius 1 is 1.10 bits per heavy atom. The van der Waals surface area contributed by atoms with Crippen molar-refractivity contribution in [3.63, 3.8) is 0 Å². The minimum absolute atomic E-state index is 0.337. The van der Waals surface area contributed by atoms with Crippen LogP contribution in [0.3, 0.4) is 0 Å². The van der Waals surface area contributed by atoms with E-state index in [-0.39, 0.29) is 6.10 Å². The van der Waals surface area contributed by atoms with E-state index >= 15 is 0 Å². The lowest BCUT2D eigenvalue weighted by molar-refractivity contribution is 0.184. The van der Waals surface area contributed by atoms with E-state index in [2.05, 4.69) is 31.4 Å². The molecule has 0 aromatic carbocycles. The van der Waals surface area contributed by atoms with Crippen LogP contribution in [0.5, 0.6) is 0 Å². The van der Waals surface area contributed by atoms with Gasteiger partial charge in [0.25, 0.3) is 0 Å². The number of aliphatic hydroxyl groups is 1. The molecule has 8 nitrogen and oxygen atoms in total. The average Bonchev–Trinajstić information content (AvgIpc) is 3.39. The lowest BCUT2D eigenvalue weighted by Crippen LogP contribution is -2.03. The third-order valence-electron chi connectivity index (χ3n) is 5.19. The molecule has 0 aliphatic rings. The maximum absolute atomic E-state index is 9.59. The molecular weight excluding hydrogens is 390 g/mol. The Hall–Kier alpha value is -3.78. The van der Waals surface area contributed by atoms with Crippen molar-refractivity contribution in [3.05, 3.63) is 66.2 Å². The van der Waals surface area contributed by atoms with Crippen LogP contribution in [-0.4, -0.2) is 40.8 Å². The molecule has 0 unspecified atom stereocenters. The number of aromatic nitrogens is 6. The fourth-order valence-corrected chi connectivity index (χ4v) is 3.65. The van der Waals surface area contributed by atoms with Crippen LogP contribution in [-0.2, 0) is 6.42 Å². The lowest BCUT2D eigenvalue weighted by Gasteiger charge is -2.11. The van der Waals surface area contributed by atoms with E-state index in [1.807, 2.05) is 43.3 Å². The molecule has 5 heterocycles. The molecule has 8 heteroatoms. The summed E-state index contributed by atoms with van der Waals surface area (Å²) in [6.45, 7) is 3.77. The maximum atomic E-state index is 9.59. The average molecular weight is 413 g/mol. The standard InChI is InChI=1S/C23H23N7O/c1-14-4-3-5-19(26-14)20-13-22(30-21(29-20)9-11-25-30)28-18-8-10-24-23-17(18)12-16(27-23)7-6-15(2)31/h3-5,8-13,15,31H,6-7H2,1-2H3,(H2,24,27,28)/t15-/m1/s1. The number of H-pyrrole nitrogens is 1. The molecule has 0 amide bonds. The van der Waals surface area contributed by atoms with Gasteiger partial charge in [0.05, 0.1) is 29.4 Å². The molecule has 0 saturated heterocycles. The first kappa shape index (κ1) is 19.2. The van der Waals surface area contributed by atoms with Gasteiger partial charge in [-0.15, -0.1) is 0 Å². The number of fused-ring (bicyclic) bond motifs is 2. The Morgan fingerprint density at radius 2 is 2.00 bits per heavy atom. The van der Waals surface area contributed by atoms with E-state index in [0.29, 0.717) is 6.42 Å². The van der Waals surface area contributed by atoms with E-state index in [4.69, 9.17) is 4.98 Å². The molecule has 5 aromatic rings. The Bertz CT molecular complexity index is 1370. The van der Waals surface area contributed by atoms with E-state index in [0.717, 1.165) is 57.4 Å². The predicted molar refractivity (Wildman–Crippen MR) is 120 cm³/mol. The Morgan fingerprint density at radius 3 is 2.84 bits per heavy atom. The predicted octanol–water partition coefficient (Wildman–Crippen LogP) is 4.03. The number of nitrogens with one attached hydrogen (secondary N) is 2. The molecule has 1 atom stereocenters. The van der Waals surface area contributed by atoms with E-state index in [9.17, 15) is 5.11 Å². The van der Waals surface area contributed by atoms with E-state index < -0.39 is 0 Å². The second-order valence-corrected chi connectivity index (χ2v) is 7.72. The summed E-state index contributed by atoms with van der Waals surface area (Å²) < 4.78 is 1.77. The van der Waals surface area contributed by atoms with Gasteiger partial charge in [-0.2, -0.15) is 9.61 Å². The third kappa shape index (κ3) is 3.85. The van der Waals surface area contributed by atoms with Gasteiger partial charge in [0.15, 0.2) is 5.65 Å². The number of aromatic amines is 1. The highest BCUT2D eigenvalue weighted by Gasteiger charge is 2.13. The van der Waals surface area contributed by atoms with Gasteiger partial charge < -0.3 is 15.4 Å². The van der Waals surface area contributed by atoms with Gasteiger partial charge in [0.2, 0.25) is 0 Å². The maximum Gasteiger partial charge on any atom is 0.158 e. The zero-order chi connectivity index (χ0) is 21.4. The van der Waals surface area contributed by atoms with Crippen molar-refractivity contribution in [3.8, 4) is 11.4 Å². The Kier molecular flexibility index (Phi) is 4.83. The molecule has 0 fully saturated rings. The van der Waals surface area contributed by atoms with Crippen molar-refractivity contribution in [2.45, 2.75) is 32.8 Å². The fourth-order valence-electron chi connectivity index (χ4n) is 3.65. The molecule has 0 saturated carbocycles. The van der Waals surface area contributed by atoms with Gasteiger partial charge in [-0.25, -0.2) is 9.97 Å². The van der Waals surface area contributed by atoms with Crippen molar-refractivity contribution >= 4 is 28.2 Å². The van der Waals surface area contributed by atoms with Crippen molar-refractivity contribution in [1.82, 2.24) is 29.5 Å². The molecule has 31 heavy (non-hydrogen) atoms. The van der Waals surface area contributed by atoms with Gasteiger partial charge >= 0.3 is 0 Å². The third-order valence-corrected chi connectivity index (χ3v) is 5.19. The molecule has 0 spiro atoms. The van der Waals surface area contributed by atoms with Crippen LogP contribution in [0.25, 0.3) is 28.1 Å². The summed E-state index contributed by atoms with van der Waals surface area (Å²) >= 11 is 0. The molecule has 0 bridgehead atoms. The molecule has 5 rings (SSSR count). The second-order valence-electron chi connectivity index (χ2n) is 7.72. The smallest absolute Gasteiger partial charge is 0.158 e. The monoisotopic (exact) mass is 413 g/mol. The fraction of sp³-hybridized carbons (Fsp3) is 0.217. The highest BCUT2D eigenvalue weighted by atomic mass is 16.3.